The Balaban J connectivity index is 1.25. The van der Waals surface area contributed by atoms with Crippen molar-refractivity contribution in [3.63, 3.8) is 0 Å². The van der Waals surface area contributed by atoms with Gasteiger partial charge in [-0.25, -0.2) is 0 Å². The van der Waals surface area contributed by atoms with E-state index in [1.807, 2.05) is 0 Å². The van der Waals surface area contributed by atoms with E-state index in [2.05, 4.69) is 0 Å². The minimum Gasteiger partial charge on any atom is -0.508 e. The predicted octanol–water partition coefficient (Wildman–Crippen LogP) is -2.70. The fraction of sp³-hybridized carbons (Fsp3) is 0.594. The van der Waals surface area contributed by atoms with Gasteiger partial charge in [-0.2, -0.15) is 0 Å². The van der Waals surface area contributed by atoms with Crippen LogP contribution in [0.4, 0.5) is 0 Å². The lowest BCUT2D eigenvalue weighted by atomic mass is 9.95. The standard InChI is InChI=1S/C32H40O18/c1-11-22(37)25(40)28(43)31(46-11)50-29-26(41)24(39)20(10-45-30-27(42)23(38)17(36)9-44-30)49-32(29)47-14-6-15(34)21-16(35)8-18(48-19(21)7-14)12-2-4-13(33)5-3-12/h2-7,11,17-18,20,22-34,36-43H,8-10H2,1H3. The van der Waals surface area contributed by atoms with Crippen LogP contribution in [0.25, 0.3) is 0 Å². The minimum absolute atomic E-state index is 0.00927. The van der Waals surface area contributed by atoms with Gasteiger partial charge in [-0.3, -0.25) is 4.79 Å². The van der Waals surface area contributed by atoms with Gasteiger partial charge in [0.1, 0.15) is 89.6 Å². The van der Waals surface area contributed by atoms with Crippen molar-refractivity contribution in [1.29, 1.82) is 0 Å². The van der Waals surface area contributed by atoms with Gasteiger partial charge < -0.3 is 84.2 Å². The average Bonchev–Trinajstić information content (AvgIpc) is 3.08. The molecule has 0 bridgehead atoms. The highest BCUT2D eigenvalue weighted by Gasteiger charge is 2.51. The van der Waals surface area contributed by atoms with E-state index in [-0.39, 0.29) is 35.8 Å². The van der Waals surface area contributed by atoms with Crippen molar-refractivity contribution < 1.29 is 89.0 Å². The van der Waals surface area contributed by atoms with Gasteiger partial charge in [-0.05, 0) is 24.6 Å². The molecular formula is C32H40O18. The van der Waals surface area contributed by atoms with Gasteiger partial charge in [0.05, 0.1) is 25.7 Å². The minimum atomic E-state index is -1.87. The van der Waals surface area contributed by atoms with Crippen molar-refractivity contribution in [2.75, 3.05) is 13.2 Å². The van der Waals surface area contributed by atoms with Gasteiger partial charge in [0.2, 0.25) is 6.29 Å². The van der Waals surface area contributed by atoms with Crippen LogP contribution in [-0.4, -0.2) is 156 Å². The lowest BCUT2D eigenvalue weighted by Crippen LogP contribution is -2.65. The second-order valence-corrected chi connectivity index (χ2v) is 12.6. The topological polar surface area (TPSA) is 284 Å². The molecule has 0 aromatic heterocycles. The van der Waals surface area contributed by atoms with Crippen molar-refractivity contribution in [3.05, 3.63) is 47.5 Å². The summed E-state index contributed by atoms with van der Waals surface area (Å²) in [6.45, 7) is 0.464. The summed E-state index contributed by atoms with van der Waals surface area (Å²) < 4.78 is 40.0. The van der Waals surface area contributed by atoms with Crippen molar-refractivity contribution in [2.45, 2.75) is 105 Å². The van der Waals surface area contributed by atoms with E-state index in [9.17, 15) is 55.9 Å². The van der Waals surface area contributed by atoms with Crippen LogP contribution in [0.5, 0.6) is 23.0 Å². The Hall–Kier alpha value is -3.21. The molecule has 15 atom stereocenters. The molecule has 3 saturated heterocycles. The van der Waals surface area contributed by atoms with E-state index in [1.54, 1.807) is 12.1 Å². The van der Waals surface area contributed by atoms with Crippen LogP contribution in [0.1, 0.15) is 35.4 Å². The summed E-state index contributed by atoms with van der Waals surface area (Å²) in [6.07, 6.45) is -23.2. The number of hydrogen-bond donors (Lipinski definition) is 10. The van der Waals surface area contributed by atoms with E-state index in [1.165, 1.54) is 25.1 Å². The number of benzene rings is 2. The van der Waals surface area contributed by atoms with Gasteiger partial charge in [0.15, 0.2) is 24.5 Å². The van der Waals surface area contributed by atoms with Crippen LogP contribution in [0.3, 0.4) is 0 Å². The summed E-state index contributed by atoms with van der Waals surface area (Å²) in [4.78, 5) is 13.0. The van der Waals surface area contributed by atoms with Crippen molar-refractivity contribution >= 4 is 5.78 Å². The highest BCUT2D eigenvalue weighted by Crippen LogP contribution is 2.43. The molecule has 2 aromatic carbocycles. The molecule has 0 saturated carbocycles. The molecule has 18 nitrogen and oxygen atoms in total. The Labute approximate surface area is 284 Å². The molecular weight excluding hydrogens is 672 g/mol. The van der Waals surface area contributed by atoms with Gasteiger partial charge in [0, 0.05) is 12.1 Å². The highest BCUT2D eigenvalue weighted by atomic mass is 16.8. The molecule has 15 unspecified atom stereocenters. The third-order valence-electron chi connectivity index (χ3n) is 9.11. The van der Waals surface area contributed by atoms with Crippen LogP contribution < -0.4 is 9.47 Å². The van der Waals surface area contributed by atoms with Gasteiger partial charge >= 0.3 is 0 Å². The molecule has 0 amide bonds. The number of ketones is 1. The maximum atomic E-state index is 13.0. The summed E-state index contributed by atoms with van der Waals surface area (Å²) in [7, 11) is 0. The zero-order valence-electron chi connectivity index (χ0n) is 26.5. The summed E-state index contributed by atoms with van der Waals surface area (Å²) in [5.41, 5.74) is 0.448. The van der Waals surface area contributed by atoms with Crippen molar-refractivity contribution in [3.8, 4) is 23.0 Å². The largest absolute Gasteiger partial charge is 0.508 e. The molecule has 3 fully saturated rings. The van der Waals surface area contributed by atoms with E-state index in [0.717, 1.165) is 6.07 Å². The molecule has 4 aliphatic heterocycles. The summed E-state index contributed by atoms with van der Waals surface area (Å²) in [5.74, 6) is -1.18. The maximum Gasteiger partial charge on any atom is 0.229 e. The number of phenolic OH excluding ortho intramolecular Hbond substituents is 2. The number of carbonyl (C=O) groups excluding carboxylic acids is 1. The second kappa shape index (κ2) is 14.8. The molecule has 6 rings (SSSR count). The van der Waals surface area contributed by atoms with Gasteiger partial charge in [-0.1, -0.05) is 12.1 Å². The number of rotatable bonds is 8. The number of aliphatic hydroxyl groups excluding tert-OH is 8. The fourth-order valence-corrected chi connectivity index (χ4v) is 6.17. The number of phenols is 2. The lowest BCUT2D eigenvalue weighted by molar-refractivity contribution is -0.358. The third-order valence-corrected chi connectivity index (χ3v) is 9.11. The fourth-order valence-electron chi connectivity index (χ4n) is 6.17. The zero-order chi connectivity index (χ0) is 36.0. The number of carbonyl (C=O) groups is 1. The summed E-state index contributed by atoms with van der Waals surface area (Å²) in [5, 5.41) is 104. The monoisotopic (exact) mass is 712 g/mol. The van der Waals surface area contributed by atoms with Crippen LogP contribution in [-0.2, 0) is 23.7 Å². The molecule has 2 aromatic rings. The normalized spacial score (nSPS) is 40.5. The molecule has 0 spiro atoms. The predicted molar refractivity (Wildman–Crippen MR) is 161 cm³/mol. The molecule has 10 N–H and O–H groups in total. The molecule has 18 heteroatoms. The molecule has 50 heavy (non-hydrogen) atoms. The van der Waals surface area contributed by atoms with E-state index < -0.39 is 110 Å². The smallest absolute Gasteiger partial charge is 0.229 e. The van der Waals surface area contributed by atoms with E-state index in [4.69, 9.17) is 33.2 Å². The van der Waals surface area contributed by atoms with Crippen LogP contribution >= 0.6 is 0 Å². The average molecular weight is 713 g/mol. The first-order chi connectivity index (χ1) is 23.7. The molecule has 4 aliphatic rings. The van der Waals surface area contributed by atoms with E-state index >= 15 is 0 Å². The van der Waals surface area contributed by atoms with Crippen LogP contribution in [0.15, 0.2) is 36.4 Å². The van der Waals surface area contributed by atoms with Crippen LogP contribution in [0, 0.1) is 0 Å². The number of fused-ring (bicyclic) bond motifs is 1. The number of hydrogen-bond acceptors (Lipinski definition) is 18. The van der Waals surface area contributed by atoms with Gasteiger partial charge in [0.25, 0.3) is 0 Å². The number of Topliss-reactive ketones (excluding diaryl/α,β-unsaturated/α-hetero) is 1. The Morgan fingerprint density at radius 3 is 2.20 bits per heavy atom. The third kappa shape index (κ3) is 7.26. The first kappa shape index (κ1) is 36.6. The quantitative estimate of drug-likeness (QED) is 0.133. The lowest BCUT2D eigenvalue weighted by Gasteiger charge is -2.46. The van der Waals surface area contributed by atoms with E-state index in [0.29, 0.717) is 5.56 Å². The first-order valence-electron chi connectivity index (χ1n) is 15.9. The molecule has 0 radical (unpaired) electrons. The SMILES string of the molecule is CC1OC(OC2C(Oc3cc(O)c4c(c3)OC(c3ccc(O)cc3)CC4=O)OC(COC3OCC(O)C(O)C3O)C(O)C2O)C(O)C(O)C1O. The van der Waals surface area contributed by atoms with Crippen molar-refractivity contribution in [2.24, 2.45) is 0 Å². The Kier molecular flexibility index (Phi) is 10.8. The Morgan fingerprint density at radius 1 is 0.780 bits per heavy atom. The van der Waals surface area contributed by atoms with Crippen LogP contribution in [0.2, 0.25) is 0 Å². The molecule has 4 heterocycles. The highest BCUT2D eigenvalue weighted by molar-refractivity contribution is 6.02. The molecule has 0 aliphatic carbocycles. The second-order valence-electron chi connectivity index (χ2n) is 12.6. The van der Waals surface area contributed by atoms with Gasteiger partial charge in [-0.15, -0.1) is 0 Å². The maximum absolute atomic E-state index is 13.0. The molecule has 276 valence electrons. The Morgan fingerprint density at radius 2 is 1.48 bits per heavy atom. The number of aliphatic hydroxyl groups is 8. The zero-order valence-corrected chi connectivity index (χ0v) is 26.5. The van der Waals surface area contributed by atoms with Crippen molar-refractivity contribution in [1.82, 2.24) is 0 Å². The first-order valence-corrected chi connectivity index (χ1v) is 15.9. The summed E-state index contributed by atoms with van der Waals surface area (Å²) >= 11 is 0. The number of aromatic hydroxyl groups is 2. The summed E-state index contributed by atoms with van der Waals surface area (Å²) in [6, 6.07) is 8.35. The Bertz CT molecular complexity index is 1490. The number of ether oxygens (including phenoxy) is 7.